The zero-order valence-corrected chi connectivity index (χ0v) is 14.9. The molecule has 4 unspecified atom stereocenters. The molecule has 0 aromatic carbocycles. The summed E-state index contributed by atoms with van der Waals surface area (Å²) in [4.78, 5) is 8.61. The molecule has 0 aliphatic carbocycles. The van der Waals surface area contributed by atoms with Gasteiger partial charge in [-0.2, -0.15) is 0 Å². The fourth-order valence-electron chi connectivity index (χ4n) is 0.523. The molecule has 1 aromatic rings. The third kappa shape index (κ3) is 2.15. The monoisotopic (exact) mass is 384 g/mol. The molecule has 1 aromatic heterocycles. The molecule has 0 amide bonds. The van der Waals surface area contributed by atoms with Crippen LogP contribution in [0.4, 0.5) is 0 Å². The molecule has 0 bridgehead atoms. The van der Waals surface area contributed by atoms with Crippen molar-refractivity contribution in [3.05, 3.63) is 0 Å². The Bertz CT molecular complexity index is 238. The molecule has 0 fully saturated rings. The molecule has 1 rings (SSSR count). The second-order valence-electron chi connectivity index (χ2n) is 1.77. The van der Waals surface area contributed by atoms with E-state index < -0.39 is 0 Å². The summed E-state index contributed by atoms with van der Waals surface area (Å²) in [6.45, 7) is 0. The van der Waals surface area contributed by atoms with Crippen molar-refractivity contribution in [1.82, 2.24) is 9.97 Å². The summed E-state index contributed by atoms with van der Waals surface area (Å²) in [5.41, 5.74) is 0. The molecule has 6 heteroatoms. The number of nitrogens with zero attached hydrogens (tertiary/aromatic N) is 2. The van der Waals surface area contributed by atoms with E-state index in [0.29, 0.717) is 0 Å². The van der Waals surface area contributed by atoms with Gasteiger partial charge in [-0.05, 0) is 0 Å². The Hall–Kier alpha value is 1.31. The average Bonchev–Trinajstić information content (AvgIpc) is 1.82. The van der Waals surface area contributed by atoms with E-state index in [2.05, 4.69) is 9.97 Å². The third-order valence-corrected chi connectivity index (χ3v) is 7.59. The summed E-state index contributed by atoms with van der Waals surface area (Å²) < 4.78 is 4.71. The number of hydrogen-bond acceptors (Lipinski definition) is 2. The molecular weight excluding hydrogens is 376 g/mol. The van der Waals surface area contributed by atoms with Gasteiger partial charge in [0.1, 0.15) is 0 Å². The molecule has 0 radical (unpaired) electrons. The Labute approximate surface area is 94.4 Å². The van der Waals surface area contributed by atoms with Crippen LogP contribution < -0.4 is 17.9 Å². The van der Waals surface area contributed by atoms with Gasteiger partial charge in [0.25, 0.3) is 0 Å². The fourth-order valence-corrected chi connectivity index (χ4v) is 4.60. The van der Waals surface area contributed by atoms with E-state index in [9.17, 15) is 0 Å². The minimum absolute atomic E-state index is 0.965. The Balaban J connectivity index is 3.31. The summed E-state index contributed by atoms with van der Waals surface area (Å²) in [5, 5.41) is 0. The van der Waals surface area contributed by atoms with Gasteiger partial charge >= 0.3 is 95.3 Å². The van der Waals surface area contributed by atoms with E-state index >= 15 is 0 Å². The van der Waals surface area contributed by atoms with E-state index in [0.717, 1.165) is 4.61 Å². The molecule has 0 N–H and O–H groups in total. The SMILES string of the molecule is [AsH2]c1nc([AsH2])c([AsH2])c([AsH2])n1. The van der Waals surface area contributed by atoms with Crippen LogP contribution in [0.5, 0.6) is 0 Å². The summed E-state index contributed by atoms with van der Waals surface area (Å²) in [7, 11) is 0. The van der Waals surface area contributed by atoms with E-state index in [1.54, 1.807) is 50.6 Å². The van der Waals surface area contributed by atoms with E-state index in [1.807, 2.05) is 0 Å². The molecule has 54 valence electrons. The predicted octanol–water partition coefficient (Wildman–Crippen LogP) is -6.49. The predicted molar refractivity (Wildman–Crippen MR) is 54.7 cm³/mol. The molecule has 0 aliphatic rings. The van der Waals surface area contributed by atoms with Crippen molar-refractivity contribution in [1.29, 1.82) is 0 Å². The first-order chi connectivity index (χ1) is 4.61. The topological polar surface area (TPSA) is 25.8 Å². The van der Waals surface area contributed by atoms with Gasteiger partial charge in [0.2, 0.25) is 0 Å². The Morgan fingerprint density at radius 3 is 1.60 bits per heavy atom. The first-order valence-corrected chi connectivity index (χ1v) is 7.39. The van der Waals surface area contributed by atoms with Crippen LogP contribution in [0.25, 0.3) is 0 Å². The van der Waals surface area contributed by atoms with Gasteiger partial charge in [-0.15, -0.1) is 0 Å². The average molecular weight is 384 g/mol. The molecule has 0 spiro atoms. The Morgan fingerprint density at radius 1 is 0.800 bits per heavy atom. The molecule has 10 heavy (non-hydrogen) atoms. The van der Waals surface area contributed by atoms with Crippen LogP contribution >= 0.6 is 0 Å². The summed E-state index contributed by atoms with van der Waals surface area (Å²) in [5.74, 6) is 0. The quantitative estimate of drug-likeness (QED) is 0.417. The fraction of sp³-hybridized carbons (Fsp3) is 0. The first-order valence-electron chi connectivity index (χ1n) is 2.55. The van der Waals surface area contributed by atoms with Gasteiger partial charge in [-0.3, -0.25) is 0 Å². The maximum atomic E-state index is 4.30. The van der Waals surface area contributed by atoms with Gasteiger partial charge in [0.15, 0.2) is 0 Å². The van der Waals surface area contributed by atoms with Crippen LogP contribution in [0.3, 0.4) is 0 Å². The van der Waals surface area contributed by atoms with Crippen molar-refractivity contribution >= 4 is 85.3 Å². The van der Waals surface area contributed by atoms with Crippen LogP contribution in [-0.4, -0.2) is 77.4 Å². The molecule has 1 heterocycles. The van der Waals surface area contributed by atoms with Crippen LogP contribution in [0.2, 0.25) is 0 Å². The van der Waals surface area contributed by atoms with Crippen molar-refractivity contribution in [3.63, 3.8) is 0 Å². The van der Waals surface area contributed by atoms with Gasteiger partial charge in [-0.25, -0.2) is 0 Å². The molecule has 0 saturated heterocycles. The number of rotatable bonds is 0. The summed E-state index contributed by atoms with van der Waals surface area (Å²) in [6.07, 6.45) is 0. The van der Waals surface area contributed by atoms with Crippen LogP contribution in [0.1, 0.15) is 0 Å². The molecule has 4 atom stereocenters. The van der Waals surface area contributed by atoms with Gasteiger partial charge in [0.05, 0.1) is 0 Å². The van der Waals surface area contributed by atoms with Crippen LogP contribution in [-0.2, 0) is 0 Å². The van der Waals surface area contributed by atoms with Crippen LogP contribution in [0, 0.1) is 0 Å². The summed E-state index contributed by atoms with van der Waals surface area (Å²) in [6, 6.07) is 0. The standard InChI is InChI=1S/C4H8As4N2/c5-1-2(6)9-4(8)10-3(1)7/h5-8H2. The number of hydrogen-bond donors (Lipinski definition) is 0. The van der Waals surface area contributed by atoms with Crippen molar-refractivity contribution in [3.8, 4) is 0 Å². The maximum absolute atomic E-state index is 4.30. The van der Waals surface area contributed by atoms with Crippen molar-refractivity contribution < 1.29 is 0 Å². The van der Waals surface area contributed by atoms with E-state index in [4.69, 9.17) is 0 Å². The normalized spacial score (nSPS) is 10.0. The van der Waals surface area contributed by atoms with Crippen LogP contribution in [0.15, 0.2) is 0 Å². The second-order valence-corrected chi connectivity index (χ2v) is 6.36. The zero-order chi connectivity index (χ0) is 7.72. The second kappa shape index (κ2) is 3.82. The minimum atomic E-state index is 0.965. The summed E-state index contributed by atoms with van der Waals surface area (Å²) >= 11 is 6.35. The Kier molecular flexibility index (Phi) is 3.59. The van der Waals surface area contributed by atoms with Crippen molar-refractivity contribution in [2.45, 2.75) is 0 Å². The molecule has 0 saturated carbocycles. The molecule has 2 nitrogen and oxygen atoms in total. The van der Waals surface area contributed by atoms with E-state index in [-0.39, 0.29) is 0 Å². The molecule has 0 aliphatic heterocycles. The van der Waals surface area contributed by atoms with E-state index in [1.165, 1.54) is 30.2 Å². The van der Waals surface area contributed by atoms with Crippen molar-refractivity contribution in [2.75, 3.05) is 0 Å². The number of aromatic nitrogens is 2. The van der Waals surface area contributed by atoms with Crippen molar-refractivity contribution in [2.24, 2.45) is 0 Å². The van der Waals surface area contributed by atoms with Gasteiger partial charge < -0.3 is 0 Å². The Morgan fingerprint density at radius 2 is 1.20 bits per heavy atom. The van der Waals surface area contributed by atoms with Gasteiger partial charge in [-0.1, -0.05) is 0 Å². The molecular formula is C4H8As4N2. The first kappa shape index (κ1) is 9.40. The zero-order valence-electron chi connectivity index (χ0n) is 5.20. The third-order valence-electron chi connectivity index (χ3n) is 1.02. The van der Waals surface area contributed by atoms with Gasteiger partial charge in [0, 0.05) is 0 Å².